The molecule has 0 aromatic heterocycles. The molecule has 2 atom stereocenters. The van der Waals surface area contributed by atoms with Gasteiger partial charge in [0.2, 0.25) is 0 Å². The zero-order valence-electron chi connectivity index (χ0n) is 18.1. The van der Waals surface area contributed by atoms with Gasteiger partial charge in [-0.1, -0.05) is 24.3 Å². The number of nitrogens with zero attached hydrogens (tertiary/aromatic N) is 1. The van der Waals surface area contributed by atoms with Gasteiger partial charge < -0.3 is 15.4 Å². The van der Waals surface area contributed by atoms with E-state index in [1.165, 1.54) is 12.1 Å². The summed E-state index contributed by atoms with van der Waals surface area (Å²) in [5.74, 6) is 0.899. The van der Waals surface area contributed by atoms with Gasteiger partial charge in [0.05, 0.1) is 29.4 Å². The Morgan fingerprint density at radius 2 is 1.58 bits per heavy atom. The number of carbonyl (C=O) groups excluding carboxylic acids is 1. The standard InChI is InChI=1S/C26H23N3O4/c1-33-20-12-8-16(9-13-20)18-14-23-25(24(30)15-18)26(17-6-10-19(11-7-17)29(31)32)28-22-5-3-2-4-21(22)27-23/h2-13,18,26-28H,14-15H2,1H3/t18-,26+/m0/s1. The molecule has 7 nitrogen and oxygen atoms in total. The van der Waals surface area contributed by atoms with Crippen molar-refractivity contribution in [1.29, 1.82) is 0 Å². The number of ether oxygens (including phenoxy) is 1. The molecule has 33 heavy (non-hydrogen) atoms. The summed E-state index contributed by atoms with van der Waals surface area (Å²) < 4.78 is 5.27. The minimum Gasteiger partial charge on any atom is -0.497 e. The average Bonchev–Trinajstić information content (AvgIpc) is 3.01. The first-order valence-corrected chi connectivity index (χ1v) is 10.8. The predicted octanol–water partition coefficient (Wildman–Crippen LogP) is 5.58. The lowest BCUT2D eigenvalue weighted by molar-refractivity contribution is -0.384. The molecular weight excluding hydrogens is 418 g/mol. The average molecular weight is 441 g/mol. The molecule has 3 aromatic rings. The third-order valence-corrected chi connectivity index (χ3v) is 6.33. The Bertz CT molecular complexity index is 1250. The highest BCUT2D eigenvalue weighted by atomic mass is 16.6. The fraction of sp³-hybridized carbons (Fsp3) is 0.192. The number of carbonyl (C=O) groups is 1. The normalized spacial score (nSPS) is 19.5. The first kappa shape index (κ1) is 20.8. The molecule has 1 aliphatic carbocycles. The van der Waals surface area contributed by atoms with E-state index < -0.39 is 11.0 Å². The number of Topliss-reactive ketones (excluding diaryl/α,β-unsaturated/α-hetero) is 1. The molecule has 0 amide bonds. The number of methoxy groups -OCH3 is 1. The SMILES string of the molecule is COc1ccc([C@@H]2CC(=O)C3=C(C2)Nc2ccccc2N[C@@H]3c2ccc([N+](=O)[O-])cc2)cc1. The van der Waals surface area contributed by atoms with Gasteiger partial charge in [-0.25, -0.2) is 0 Å². The van der Waals surface area contributed by atoms with E-state index in [-0.39, 0.29) is 17.4 Å². The molecular formula is C26H23N3O4. The van der Waals surface area contributed by atoms with Crippen molar-refractivity contribution in [2.24, 2.45) is 0 Å². The van der Waals surface area contributed by atoms with Crippen LogP contribution >= 0.6 is 0 Å². The summed E-state index contributed by atoms with van der Waals surface area (Å²) in [4.78, 5) is 24.2. The van der Waals surface area contributed by atoms with Crippen LogP contribution in [0.1, 0.15) is 35.9 Å². The van der Waals surface area contributed by atoms with Gasteiger partial charge in [0.15, 0.2) is 5.78 Å². The summed E-state index contributed by atoms with van der Waals surface area (Å²) >= 11 is 0. The second kappa shape index (κ2) is 8.43. The van der Waals surface area contributed by atoms with Crippen molar-refractivity contribution >= 4 is 22.8 Å². The second-order valence-corrected chi connectivity index (χ2v) is 8.29. The molecule has 0 fully saturated rings. The molecule has 0 radical (unpaired) electrons. The van der Waals surface area contributed by atoms with Crippen LogP contribution in [0, 0.1) is 10.1 Å². The number of hydrogen-bond donors (Lipinski definition) is 2. The maximum Gasteiger partial charge on any atom is 0.269 e. The van der Waals surface area contributed by atoms with E-state index in [1.54, 1.807) is 19.2 Å². The van der Waals surface area contributed by atoms with Gasteiger partial charge in [0.25, 0.3) is 5.69 Å². The summed E-state index contributed by atoms with van der Waals surface area (Å²) in [6.45, 7) is 0. The molecule has 1 heterocycles. The number of para-hydroxylation sites is 2. The third-order valence-electron chi connectivity index (χ3n) is 6.33. The molecule has 7 heteroatoms. The smallest absolute Gasteiger partial charge is 0.269 e. The largest absolute Gasteiger partial charge is 0.497 e. The Morgan fingerprint density at radius 3 is 2.24 bits per heavy atom. The predicted molar refractivity (Wildman–Crippen MR) is 127 cm³/mol. The Kier molecular flexibility index (Phi) is 5.30. The summed E-state index contributed by atoms with van der Waals surface area (Å²) in [6, 6.07) is 21.7. The van der Waals surface area contributed by atoms with E-state index in [2.05, 4.69) is 10.6 Å². The number of rotatable bonds is 4. The number of fused-ring (bicyclic) bond motifs is 1. The van der Waals surface area contributed by atoms with Gasteiger partial charge >= 0.3 is 0 Å². The van der Waals surface area contributed by atoms with Crippen LogP contribution in [0.15, 0.2) is 84.1 Å². The Hall–Kier alpha value is -4.13. The number of ketones is 1. The third kappa shape index (κ3) is 3.93. The zero-order chi connectivity index (χ0) is 22.9. The van der Waals surface area contributed by atoms with Crippen molar-refractivity contribution in [2.75, 3.05) is 17.7 Å². The van der Waals surface area contributed by atoms with Gasteiger partial charge in [-0.2, -0.15) is 0 Å². The molecule has 0 spiro atoms. The number of benzene rings is 3. The maximum atomic E-state index is 13.5. The second-order valence-electron chi connectivity index (χ2n) is 8.29. The number of hydrogen-bond acceptors (Lipinski definition) is 6. The molecule has 0 unspecified atom stereocenters. The Morgan fingerprint density at radius 1 is 0.909 bits per heavy atom. The lowest BCUT2D eigenvalue weighted by Crippen LogP contribution is -2.26. The van der Waals surface area contributed by atoms with Crippen LogP contribution in [0.25, 0.3) is 0 Å². The highest BCUT2D eigenvalue weighted by Crippen LogP contribution is 2.44. The molecule has 2 aliphatic rings. The van der Waals surface area contributed by atoms with E-state index in [1.807, 2.05) is 48.5 Å². The van der Waals surface area contributed by atoms with Crippen LogP contribution in [0.4, 0.5) is 17.1 Å². The first-order chi connectivity index (χ1) is 16.0. The van der Waals surface area contributed by atoms with Gasteiger partial charge in [0.1, 0.15) is 5.75 Å². The Labute approximate surface area is 191 Å². The Balaban J connectivity index is 1.56. The van der Waals surface area contributed by atoms with E-state index in [9.17, 15) is 14.9 Å². The lowest BCUT2D eigenvalue weighted by Gasteiger charge is -2.30. The van der Waals surface area contributed by atoms with Crippen molar-refractivity contribution in [2.45, 2.75) is 24.8 Å². The molecule has 0 saturated carbocycles. The van der Waals surface area contributed by atoms with E-state index in [0.29, 0.717) is 18.4 Å². The fourth-order valence-electron chi connectivity index (χ4n) is 4.64. The highest BCUT2D eigenvalue weighted by molar-refractivity contribution is 6.01. The quantitative estimate of drug-likeness (QED) is 0.405. The van der Waals surface area contributed by atoms with E-state index >= 15 is 0 Å². The van der Waals surface area contributed by atoms with Crippen LogP contribution < -0.4 is 15.4 Å². The number of nitro groups is 1. The molecule has 0 bridgehead atoms. The summed E-state index contributed by atoms with van der Waals surface area (Å²) in [7, 11) is 1.63. The van der Waals surface area contributed by atoms with Crippen LogP contribution in [0.5, 0.6) is 5.75 Å². The summed E-state index contributed by atoms with van der Waals surface area (Å²) in [6.07, 6.45) is 1.08. The number of non-ortho nitro benzene ring substituents is 1. The molecule has 3 aromatic carbocycles. The van der Waals surface area contributed by atoms with Gasteiger partial charge in [-0.15, -0.1) is 0 Å². The van der Waals surface area contributed by atoms with Gasteiger partial charge in [0, 0.05) is 29.8 Å². The lowest BCUT2D eigenvalue weighted by atomic mass is 9.78. The molecule has 0 saturated heterocycles. The first-order valence-electron chi connectivity index (χ1n) is 10.8. The number of nitrogens with one attached hydrogen (secondary N) is 2. The van der Waals surface area contributed by atoms with E-state index in [0.717, 1.165) is 33.9 Å². The monoisotopic (exact) mass is 441 g/mol. The molecule has 2 N–H and O–H groups in total. The van der Waals surface area contributed by atoms with Crippen LogP contribution in [-0.4, -0.2) is 17.8 Å². The summed E-state index contributed by atoms with van der Waals surface area (Å²) in [5, 5.41) is 18.1. The minimum absolute atomic E-state index is 0.0228. The highest BCUT2D eigenvalue weighted by Gasteiger charge is 2.36. The molecule has 1 aliphatic heterocycles. The van der Waals surface area contributed by atoms with Crippen molar-refractivity contribution in [3.8, 4) is 5.75 Å². The van der Waals surface area contributed by atoms with E-state index in [4.69, 9.17) is 4.74 Å². The van der Waals surface area contributed by atoms with Crippen LogP contribution in [0.3, 0.4) is 0 Å². The van der Waals surface area contributed by atoms with Crippen LogP contribution in [0.2, 0.25) is 0 Å². The van der Waals surface area contributed by atoms with Crippen molar-refractivity contribution in [3.63, 3.8) is 0 Å². The van der Waals surface area contributed by atoms with Gasteiger partial charge in [-0.3, -0.25) is 14.9 Å². The van der Waals surface area contributed by atoms with Crippen molar-refractivity contribution in [1.82, 2.24) is 0 Å². The number of allylic oxidation sites excluding steroid dienone is 1. The minimum atomic E-state index is -0.420. The molecule has 166 valence electrons. The summed E-state index contributed by atoms with van der Waals surface area (Å²) in [5.41, 5.74) is 5.27. The zero-order valence-corrected chi connectivity index (χ0v) is 18.1. The number of anilines is 2. The van der Waals surface area contributed by atoms with Crippen molar-refractivity contribution < 1.29 is 14.5 Å². The van der Waals surface area contributed by atoms with Crippen LogP contribution in [-0.2, 0) is 4.79 Å². The number of nitro benzene ring substituents is 1. The van der Waals surface area contributed by atoms with Crippen molar-refractivity contribution in [3.05, 3.63) is 105 Å². The van der Waals surface area contributed by atoms with Gasteiger partial charge in [-0.05, 0) is 59.9 Å². The molecule has 5 rings (SSSR count). The topological polar surface area (TPSA) is 93.5 Å². The maximum absolute atomic E-state index is 13.5. The fourth-order valence-corrected chi connectivity index (χ4v) is 4.64.